The molecule has 0 radical (unpaired) electrons. The van der Waals surface area contributed by atoms with Gasteiger partial charge in [-0.2, -0.15) is 5.10 Å². The van der Waals surface area contributed by atoms with E-state index in [4.69, 9.17) is 18.0 Å². The van der Waals surface area contributed by atoms with Gasteiger partial charge >= 0.3 is 0 Å². The van der Waals surface area contributed by atoms with Crippen molar-refractivity contribution in [2.45, 2.75) is 12.8 Å². The SMILES string of the molecule is NC(=S)/C(=N/Nc1ccccc1F)C(=O)N1CCCC1. The van der Waals surface area contributed by atoms with Crippen LogP contribution in [0.1, 0.15) is 12.8 Å². The Kier molecular flexibility index (Phi) is 4.62. The Labute approximate surface area is 121 Å². The fraction of sp³-hybridized carbons (Fsp3) is 0.308. The van der Waals surface area contributed by atoms with Crippen molar-refractivity contribution < 1.29 is 9.18 Å². The summed E-state index contributed by atoms with van der Waals surface area (Å²) >= 11 is 4.84. The molecule has 5 nitrogen and oxygen atoms in total. The number of hydrogen-bond acceptors (Lipinski definition) is 4. The van der Waals surface area contributed by atoms with Crippen LogP contribution in [0.25, 0.3) is 0 Å². The van der Waals surface area contributed by atoms with Crippen LogP contribution < -0.4 is 11.2 Å². The van der Waals surface area contributed by atoms with Crippen LogP contribution in [0.15, 0.2) is 29.4 Å². The number of hydrazone groups is 1. The molecule has 1 aliphatic heterocycles. The molecule has 1 amide bonds. The van der Waals surface area contributed by atoms with E-state index in [1.807, 2.05) is 0 Å². The van der Waals surface area contributed by atoms with Crippen LogP contribution in [0.3, 0.4) is 0 Å². The zero-order valence-corrected chi connectivity index (χ0v) is 11.6. The van der Waals surface area contributed by atoms with Gasteiger partial charge in [0.2, 0.25) is 0 Å². The van der Waals surface area contributed by atoms with Gasteiger partial charge in [-0.15, -0.1) is 0 Å². The Morgan fingerprint density at radius 3 is 2.60 bits per heavy atom. The van der Waals surface area contributed by atoms with Crippen LogP contribution in [0.5, 0.6) is 0 Å². The van der Waals surface area contributed by atoms with Crippen LogP contribution in [-0.4, -0.2) is 34.6 Å². The van der Waals surface area contributed by atoms with Crippen LogP contribution in [-0.2, 0) is 4.79 Å². The lowest BCUT2D eigenvalue weighted by molar-refractivity contribution is -0.122. The van der Waals surface area contributed by atoms with Crippen LogP contribution in [0.2, 0.25) is 0 Å². The number of carbonyl (C=O) groups excluding carboxylic acids is 1. The van der Waals surface area contributed by atoms with Crippen molar-refractivity contribution in [3.63, 3.8) is 0 Å². The molecule has 7 heteroatoms. The number of nitrogens with zero attached hydrogens (tertiary/aromatic N) is 2. The normalized spacial score (nSPS) is 15.2. The maximum atomic E-state index is 13.5. The molecule has 20 heavy (non-hydrogen) atoms. The van der Waals surface area contributed by atoms with E-state index in [1.54, 1.807) is 17.0 Å². The average Bonchev–Trinajstić information content (AvgIpc) is 2.94. The molecule has 0 spiro atoms. The molecule has 0 saturated carbocycles. The first kappa shape index (κ1) is 14.4. The summed E-state index contributed by atoms with van der Waals surface area (Å²) in [4.78, 5) is 13.7. The number of likely N-dealkylation sites (tertiary alicyclic amines) is 1. The largest absolute Gasteiger partial charge is 0.388 e. The number of amides is 1. The van der Waals surface area contributed by atoms with Gasteiger partial charge in [-0.1, -0.05) is 24.4 Å². The zero-order chi connectivity index (χ0) is 14.5. The maximum absolute atomic E-state index is 13.5. The fourth-order valence-corrected chi connectivity index (χ4v) is 2.08. The van der Waals surface area contributed by atoms with Crippen LogP contribution in [0.4, 0.5) is 10.1 Å². The van der Waals surface area contributed by atoms with E-state index in [0.29, 0.717) is 13.1 Å². The van der Waals surface area contributed by atoms with Crippen molar-refractivity contribution >= 4 is 34.5 Å². The van der Waals surface area contributed by atoms with Gasteiger partial charge in [0.05, 0.1) is 5.69 Å². The molecule has 1 aromatic carbocycles. The highest BCUT2D eigenvalue weighted by molar-refractivity contribution is 7.82. The van der Waals surface area contributed by atoms with Gasteiger partial charge in [0.25, 0.3) is 5.91 Å². The minimum Gasteiger partial charge on any atom is -0.388 e. The fourth-order valence-electron chi connectivity index (χ4n) is 1.95. The van der Waals surface area contributed by atoms with Gasteiger partial charge in [-0.05, 0) is 25.0 Å². The van der Waals surface area contributed by atoms with E-state index in [-0.39, 0.29) is 22.3 Å². The summed E-state index contributed by atoms with van der Waals surface area (Å²) in [6.45, 7) is 1.33. The lowest BCUT2D eigenvalue weighted by Crippen LogP contribution is -2.40. The van der Waals surface area contributed by atoms with Gasteiger partial charge in [0, 0.05) is 13.1 Å². The number of hydrogen-bond donors (Lipinski definition) is 2. The Morgan fingerprint density at radius 2 is 2.00 bits per heavy atom. The highest BCUT2D eigenvalue weighted by Gasteiger charge is 2.24. The number of nitrogens with one attached hydrogen (secondary N) is 1. The highest BCUT2D eigenvalue weighted by Crippen LogP contribution is 2.13. The molecule has 2 rings (SSSR count). The molecule has 1 heterocycles. The number of benzene rings is 1. The Bertz CT molecular complexity index is 555. The molecular formula is C13H15FN4OS. The number of carbonyl (C=O) groups is 1. The van der Waals surface area contributed by atoms with Crippen molar-refractivity contribution in [1.29, 1.82) is 0 Å². The molecule has 0 atom stereocenters. The minimum atomic E-state index is -0.466. The van der Waals surface area contributed by atoms with Crippen molar-refractivity contribution in [3.8, 4) is 0 Å². The summed E-state index contributed by atoms with van der Waals surface area (Å²) in [6, 6.07) is 6.02. The summed E-state index contributed by atoms with van der Waals surface area (Å²) in [5, 5.41) is 3.87. The first-order valence-corrected chi connectivity index (χ1v) is 6.67. The molecule has 0 aliphatic carbocycles. The van der Waals surface area contributed by atoms with Crippen LogP contribution in [0, 0.1) is 5.82 Å². The molecule has 1 saturated heterocycles. The van der Waals surface area contributed by atoms with Crippen molar-refractivity contribution in [2.75, 3.05) is 18.5 Å². The Hall–Kier alpha value is -2.02. The van der Waals surface area contributed by atoms with E-state index in [9.17, 15) is 9.18 Å². The smallest absolute Gasteiger partial charge is 0.277 e. The predicted octanol–water partition coefficient (Wildman–Crippen LogP) is 1.50. The molecule has 1 aliphatic rings. The van der Waals surface area contributed by atoms with E-state index in [0.717, 1.165) is 12.8 Å². The second kappa shape index (κ2) is 6.42. The number of nitrogens with two attached hydrogens (primary N) is 1. The monoisotopic (exact) mass is 294 g/mol. The topological polar surface area (TPSA) is 70.7 Å². The Balaban J connectivity index is 2.16. The van der Waals surface area contributed by atoms with E-state index in [2.05, 4.69) is 10.5 Å². The summed E-state index contributed by atoms with van der Waals surface area (Å²) in [5.41, 5.74) is 8.14. The van der Waals surface area contributed by atoms with E-state index in [1.165, 1.54) is 12.1 Å². The summed E-state index contributed by atoms with van der Waals surface area (Å²) in [7, 11) is 0. The van der Waals surface area contributed by atoms with Crippen molar-refractivity contribution in [2.24, 2.45) is 10.8 Å². The molecule has 0 bridgehead atoms. The second-order valence-corrected chi connectivity index (χ2v) is 4.86. The third-order valence-corrected chi connectivity index (χ3v) is 3.18. The molecule has 106 valence electrons. The summed E-state index contributed by atoms with van der Waals surface area (Å²) in [6.07, 6.45) is 1.91. The number of halogens is 1. The summed E-state index contributed by atoms with van der Waals surface area (Å²) in [5.74, 6) is -0.786. The second-order valence-electron chi connectivity index (χ2n) is 4.42. The molecule has 0 unspecified atom stereocenters. The first-order chi connectivity index (χ1) is 9.59. The number of rotatable bonds is 4. The molecular weight excluding hydrogens is 279 g/mol. The maximum Gasteiger partial charge on any atom is 0.277 e. The van der Waals surface area contributed by atoms with Gasteiger partial charge in [-0.25, -0.2) is 4.39 Å². The standard InChI is InChI=1S/C13H15FN4OS/c14-9-5-1-2-6-10(9)16-17-11(12(15)20)13(19)18-7-3-4-8-18/h1-2,5-6,16H,3-4,7-8H2,(H2,15,20)/b17-11-. The molecule has 1 aromatic rings. The zero-order valence-electron chi connectivity index (χ0n) is 10.8. The quantitative estimate of drug-likeness (QED) is 0.501. The number of anilines is 1. The van der Waals surface area contributed by atoms with E-state index < -0.39 is 5.82 Å². The van der Waals surface area contributed by atoms with Gasteiger partial charge in [-0.3, -0.25) is 10.2 Å². The van der Waals surface area contributed by atoms with Gasteiger partial charge in [0.15, 0.2) is 5.71 Å². The van der Waals surface area contributed by atoms with Crippen LogP contribution >= 0.6 is 12.2 Å². The van der Waals surface area contributed by atoms with E-state index >= 15 is 0 Å². The number of thiocarbonyl (C=S) groups is 1. The lowest BCUT2D eigenvalue weighted by Gasteiger charge is -2.16. The third-order valence-electron chi connectivity index (χ3n) is 2.99. The van der Waals surface area contributed by atoms with Gasteiger partial charge in [0.1, 0.15) is 10.8 Å². The average molecular weight is 294 g/mol. The predicted molar refractivity (Wildman–Crippen MR) is 80.1 cm³/mol. The van der Waals surface area contributed by atoms with Gasteiger partial charge < -0.3 is 10.6 Å². The lowest BCUT2D eigenvalue weighted by atomic mass is 10.3. The van der Waals surface area contributed by atoms with Crippen molar-refractivity contribution in [1.82, 2.24) is 4.90 Å². The number of para-hydroxylation sites is 1. The highest BCUT2D eigenvalue weighted by atomic mass is 32.1. The molecule has 3 N–H and O–H groups in total. The minimum absolute atomic E-state index is 0.0508. The third kappa shape index (κ3) is 3.30. The summed E-state index contributed by atoms with van der Waals surface area (Å²) < 4.78 is 13.5. The molecule has 1 fully saturated rings. The first-order valence-electron chi connectivity index (χ1n) is 6.27. The molecule has 0 aromatic heterocycles. The Morgan fingerprint density at radius 1 is 1.35 bits per heavy atom. The van der Waals surface area contributed by atoms with Crippen molar-refractivity contribution in [3.05, 3.63) is 30.1 Å².